The second-order valence-corrected chi connectivity index (χ2v) is 4.99. The van der Waals surface area contributed by atoms with Crippen LogP contribution in [0.1, 0.15) is 15.9 Å². The number of hydrogen-bond donors (Lipinski definition) is 2. The highest BCUT2D eigenvalue weighted by Gasteiger charge is 2.10. The van der Waals surface area contributed by atoms with E-state index in [-0.39, 0.29) is 12.2 Å². The molecule has 0 radical (unpaired) electrons. The number of carbonyl (C=O) groups excluding carboxylic acids is 2. The van der Waals surface area contributed by atoms with Crippen molar-refractivity contribution in [1.29, 1.82) is 0 Å². The molecule has 0 bridgehead atoms. The Hall–Kier alpha value is -2.53. The van der Waals surface area contributed by atoms with Crippen LogP contribution in [0, 0.1) is 6.92 Å². The lowest BCUT2D eigenvalue weighted by atomic mass is 10.2. The van der Waals surface area contributed by atoms with Gasteiger partial charge in [-0.1, -0.05) is 35.9 Å². The highest BCUT2D eigenvalue weighted by Crippen LogP contribution is 2.14. The molecule has 0 saturated heterocycles. The summed E-state index contributed by atoms with van der Waals surface area (Å²) >= 11 is 5.89. The van der Waals surface area contributed by atoms with Crippen molar-refractivity contribution < 1.29 is 14.3 Å². The topological polar surface area (TPSA) is 67.4 Å². The number of carbonyl (C=O) groups is 2. The van der Waals surface area contributed by atoms with E-state index in [0.29, 0.717) is 10.8 Å². The largest absolute Gasteiger partial charge is 0.484 e. The van der Waals surface area contributed by atoms with Gasteiger partial charge in [-0.25, -0.2) is 0 Å². The molecule has 5 nitrogen and oxygen atoms in total. The summed E-state index contributed by atoms with van der Waals surface area (Å²) in [5.74, 6) is -0.371. The molecule has 0 aliphatic heterocycles. The number of halogens is 1. The van der Waals surface area contributed by atoms with Gasteiger partial charge in [0.05, 0.1) is 10.6 Å². The second kappa shape index (κ2) is 7.47. The summed E-state index contributed by atoms with van der Waals surface area (Å²) in [6.07, 6.45) is 0. The van der Waals surface area contributed by atoms with E-state index in [1.54, 1.807) is 30.3 Å². The van der Waals surface area contributed by atoms with E-state index in [9.17, 15) is 9.59 Å². The van der Waals surface area contributed by atoms with Gasteiger partial charge in [0, 0.05) is 0 Å². The van der Waals surface area contributed by atoms with Crippen LogP contribution in [-0.2, 0) is 4.79 Å². The highest BCUT2D eigenvalue weighted by molar-refractivity contribution is 6.33. The van der Waals surface area contributed by atoms with Gasteiger partial charge in [-0.3, -0.25) is 20.4 Å². The minimum atomic E-state index is -0.491. The average Bonchev–Trinajstić information content (AvgIpc) is 2.51. The number of ether oxygens (including phenoxy) is 1. The summed E-state index contributed by atoms with van der Waals surface area (Å²) in [7, 11) is 0. The molecule has 2 aromatic rings. The van der Waals surface area contributed by atoms with Gasteiger partial charge in [0.25, 0.3) is 11.8 Å². The standard InChI is InChI=1S/C16H15ClN2O3/c1-11-5-4-6-12(9-11)22-10-15(20)18-19-16(21)13-7-2-3-8-14(13)17/h2-9H,10H2,1H3,(H,18,20)(H,19,21). The molecule has 22 heavy (non-hydrogen) atoms. The lowest BCUT2D eigenvalue weighted by Crippen LogP contribution is -2.43. The number of aryl methyl sites for hydroxylation is 1. The van der Waals surface area contributed by atoms with Crippen molar-refractivity contribution in [3.05, 3.63) is 64.7 Å². The summed E-state index contributed by atoms with van der Waals surface area (Å²) in [5, 5.41) is 0.310. The fourth-order valence-electron chi connectivity index (χ4n) is 1.73. The van der Waals surface area contributed by atoms with Gasteiger partial charge in [-0.2, -0.15) is 0 Å². The fourth-order valence-corrected chi connectivity index (χ4v) is 1.95. The second-order valence-electron chi connectivity index (χ2n) is 4.59. The van der Waals surface area contributed by atoms with E-state index >= 15 is 0 Å². The monoisotopic (exact) mass is 318 g/mol. The Balaban J connectivity index is 1.81. The van der Waals surface area contributed by atoms with Crippen molar-refractivity contribution in [3.8, 4) is 5.75 Å². The molecule has 2 rings (SSSR count). The molecule has 0 aromatic heterocycles. The van der Waals surface area contributed by atoms with Crippen LogP contribution >= 0.6 is 11.6 Å². The van der Waals surface area contributed by atoms with Crippen molar-refractivity contribution in [3.63, 3.8) is 0 Å². The number of hydrogen-bond acceptors (Lipinski definition) is 3. The highest BCUT2D eigenvalue weighted by atomic mass is 35.5. The first kappa shape index (κ1) is 15.9. The zero-order valence-corrected chi connectivity index (χ0v) is 12.7. The number of rotatable bonds is 4. The first-order valence-electron chi connectivity index (χ1n) is 6.59. The molecule has 0 aliphatic rings. The van der Waals surface area contributed by atoms with Crippen LogP contribution in [0.2, 0.25) is 5.02 Å². The third kappa shape index (κ3) is 4.49. The van der Waals surface area contributed by atoms with Crippen LogP contribution < -0.4 is 15.6 Å². The number of nitrogens with one attached hydrogen (secondary N) is 2. The van der Waals surface area contributed by atoms with E-state index < -0.39 is 11.8 Å². The van der Waals surface area contributed by atoms with E-state index in [1.165, 1.54) is 0 Å². The van der Waals surface area contributed by atoms with Gasteiger partial charge in [0.2, 0.25) is 0 Å². The Morgan fingerprint density at radius 1 is 1.09 bits per heavy atom. The molecular formula is C16H15ClN2O3. The Kier molecular flexibility index (Phi) is 5.38. The van der Waals surface area contributed by atoms with E-state index in [0.717, 1.165) is 5.56 Å². The van der Waals surface area contributed by atoms with Gasteiger partial charge >= 0.3 is 0 Å². The van der Waals surface area contributed by atoms with Crippen molar-refractivity contribution in [2.24, 2.45) is 0 Å². The maximum Gasteiger partial charge on any atom is 0.276 e. The summed E-state index contributed by atoms with van der Waals surface area (Å²) in [6.45, 7) is 1.73. The van der Waals surface area contributed by atoms with Crippen molar-refractivity contribution in [2.75, 3.05) is 6.61 Å². The Morgan fingerprint density at radius 2 is 1.86 bits per heavy atom. The molecule has 2 aromatic carbocycles. The average molecular weight is 319 g/mol. The number of benzene rings is 2. The summed E-state index contributed by atoms with van der Waals surface area (Å²) in [6, 6.07) is 13.9. The quantitative estimate of drug-likeness (QED) is 0.851. The molecule has 2 amide bonds. The third-order valence-corrected chi connectivity index (χ3v) is 3.12. The predicted molar refractivity (Wildman–Crippen MR) is 83.7 cm³/mol. The molecule has 0 fully saturated rings. The van der Waals surface area contributed by atoms with Crippen molar-refractivity contribution >= 4 is 23.4 Å². The van der Waals surface area contributed by atoms with Crippen LogP contribution in [0.3, 0.4) is 0 Å². The van der Waals surface area contributed by atoms with Crippen LogP contribution in [0.4, 0.5) is 0 Å². The minimum absolute atomic E-state index is 0.202. The van der Waals surface area contributed by atoms with Crippen LogP contribution in [0.5, 0.6) is 5.75 Å². The minimum Gasteiger partial charge on any atom is -0.484 e. The van der Waals surface area contributed by atoms with Crippen LogP contribution in [0.15, 0.2) is 48.5 Å². The predicted octanol–water partition coefficient (Wildman–Crippen LogP) is 2.49. The summed E-state index contributed by atoms with van der Waals surface area (Å²) in [5.41, 5.74) is 5.87. The Morgan fingerprint density at radius 3 is 2.59 bits per heavy atom. The van der Waals surface area contributed by atoms with Gasteiger partial charge in [0.15, 0.2) is 6.61 Å². The molecular weight excluding hydrogens is 304 g/mol. The van der Waals surface area contributed by atoms with Gasteiger partial charge in [-0.05, 0) is 36.8 Å². The number of amides is 2. The molecule has 0 heterocycles. The van der Waals surface area contributed by atoms with Crippen LogP contribution in [-0.4, -0.2) is 18.4 Å². The lowest BCUT2D eigenvalue weighted by molar-refractivity contribution is -0.123. The van der Waals surface area contributed by atoms with Crippen molar-refractivity contribution in [2.45, 2.75) is 6.92 Å². The molecule has 6 heteroatoms. The fraction of sp³-hybridized carbons (Fsp3) is 0.125. The zero-order chi connectivity index (χ0) is 15.9. The summed E-state index contributed by atoms with van der Waals surface area (Å²) in [4.78, 5) is 23.5. The van der Waals surface area contributed by atoms with Gasteiger partial charge in [0.1, 0.15) is 5.75 Å². The lowest BCUT2D eigenvalue weighted by Gasteiger charge is -2.09. The van der Waals surface area contributed by atoms with E-state index in [4.69, 9.17) is 16.3 Å². The molecule has 2 N–H and O–H groups in total. The first-order chi connectivity index (χ1) is 10.6. The first-order valence-corrected chi connectivity index (χ1v) is 6.97. The summed E-state index contributed by atoms with van der Waals surface area (Å²) < 4.78 is 5.32. The molecule has 0 unspecified atom stereocenters. The normalized spacial score (nSPS) is 9.91. The maximum absolute atomic E-state index is 11.8. The van der Waals surface area contributed by atoms with E-state index in [1.807, 2.05) is 25.1 Å². The Labute approximate surface area is 133 Å². The Bertz CT molecular complexity index is 689. The molecule has 0 aliphatic carbocycles. The van der Waals surface area contributed by atoms with Crippen LogP contribution in [0.25, 0.3) is 0 Å². The smallest absolute Gasteiger partial charge is 0.276 e. The van der Waals surface area contributed by atoms with Gasteiger partial charge in [-0.15, -0.1) is 0 Å². The molecule has 0 saturated carbocycles. The third-order valence-electron chi connectivity index (χ3n) is 2.79. The maximum atomic E-state index is 11.8. The number of hydrazine groups is 1. The van der Waals surface area contributed by atoms with E-state index in [2.05, 4.69) is 10.9 Å². The zero-order valence-electron chi connectivity index (χ0n) is 11.9. The molecule has 0 atom stereocenters. The van der Waals surface area contributed by atoms with Gasteiger partial charge < -0.3 is 4.74 Å². The molecule has 114 valence electrons. The van der Waals surface area contributed by atoms with Crippen molar-refractivity contribution in [1.82, 2.24) is 10.9 Å². The molecule has 0 spiro atoms. The SMILES string of the molecule is Cc1cccc(OCC(=O)NNC(=O)c2ccccc2Cl)c1.